The van der Waals surface area contributed by atoms with E-state index >= 15 is 0 Å². The van der Waals surface area contributed by atoms with Gasteiger partial charge in [-0.05, 0) is 31.5 Å². The van der Waals surface area contributed by atoms with Gasteiger partial charge in [0.25, 0.3) is 0 Å². The summed E-state index contributed by atoms with van der Waals surface area (Å²) in [5.74, 6) is 0.0758. The number of nitrogens with zero attached hydrogens (tertiary/aromatic N) is 2. The van der Waals surface area contributed by atoms with E-state index < -0.39 is 12.6 Å². The van der Waals surface area contributed by atoms with Crippen molar-refractivity contribution in [1.82, 2.24) is 9.78 Å². The van der Waals surface area contributed by atoms with Gasteiger partial charge < -0.3 is 14.2 Å². The monoisotopic (exact) mass is 378 g/mol. The second-order valence-electron chi connectivity index (χ2n) is 5.90. The van der Waals surface area contributed by atoms with Crippen LogP contribution < -0.4 is 9.47 Å². The van der Waals surface area contributed by atoms with E-state index in [-0.39, 0.29) is 23.3 Å². The Morgan fingerprint density at radius 3 is 2.85 bits per heavy atom. The highest BCUT2D eigenvalue weighted by Crippen LogP contribution is 2.32. The highest BCUT2D eigenvalue weighted by atomic mass is 35.5. The molecule has 26 heavy (non-hydrogen) atoms. The summed E-state index contributed by atoms with van der Waals surface area (Å²) in [5, 5.41) is 4.49. The molecule has 0 amide bonds. The number of carbonyl (C=O) groups is 2. The number of aromatic nitrogens is 2. The number of unbranched alkanes of at least 4 members (excludes halogenated alkanes) is 1. The highest BCUT2D eigenvalue weighted by Gasteiger charge is 2.23. The Kier molecular flexibility index (Phi) is 5.46. The number of halogens is 1. The molecule has 0 saturated carbocycles. The maximum Gasteiger partial charge on any atom is 0.343 e. The summed E-state index contributed by atoms with van der Waals surface area (Å²) in [6.45, 7) is 4.10. The summed E-state index contributed by atoms with van der Waals surface area (Å²) in [7, 11) is 0. The smallest absolute Gasteiger partial charge is 0.343 e. The Balaban J connectivity index is 1.65. The normalized spacial score (nSPS) is 12.3. The molecule has 8 heteroatoms. The van der Waals surface area contributed by atoms with Gasteiger partial charge in [-0.1, -0.05) is 24.9 Å². The SMILES string of the molecule is CCCCn1nc(C)c(C(=O)OCC(=O)c2ccc3c(c2)OCO3)c1Cl. The van der Waals surface area contributed by atoms with Crippen LogP contribution >= 0.6 is 11.6 Å². The zero-order chi connectivity index (χ0) is 18.7. The number of Topliss-reactive ketones (excluding diaryl/α,β-unsaturated/α-hetero) is 1. The molecule has 0 radical (unpaired) electrons. The van der Waals surface area contributed by atoms with Crippen molar-refractivity contribution >= 4 is 23.4 Å². The molecule has 0 bridgehead atoms. The van der Waals surface area contributed by atoms with E-state index in [1.54, 1.807) is 29.8 Å². The first-order valence-corrected chi connectivity index (χ1v) is 8.72. The number of fused-ring (bicyclic) bond motifs is 1. The largest absolute Gasteiger partial charge is 0.454 e. The quantitative estimate of drug-likeness (QED) is 0.542. The minimum absolute atomic E-state index is 0.127. The van der Waals surface area contributed by atoms with Gasteiger partial charge in [-0.25, -0.2) is 4.79 Å². The first-order chi connectivity index (χ1) is 12.5. The van der Waals surface area contributed by atoms with Gasteiger partial charge in [0, 0.05) is 12.1 Å². The van der Waals surface area contributed by atoms with E-state index in [1.807, 2.05) is 0 Å². The van der Waals surface area contributed by atoms with Crippen molar-refractivity contribution < 1.29 is 23.8 Å². The van der Waals surface area contributed by atoms with Crippen LogP contribution in [0.1, 0.15) is 46.2 Å². The molecule has 0 aliphatic carbocycles. The van der Waals surface area contributed by atoms with Crippen molar-refractivity contribution in [1.29, 1.82) is 0 Å². The second kappa shape index (κ2) is 7.78. The standard InChI is InChI=1S/C18H19ClN2O5/c1-3-4-7-21-17(19)16(11(2)20-21)18(23)24-9-13(22)12-5-6-14-15(8-12)26-10-25-14/h5-6,8H,3-4,7,9-10H2,1-2H3. The third-order valence-corrected chi connectivity index (χ3v) is 4.41. The molecular weight excluding hydrogens is 360 g/mol. The lowest BCUT2D eigenvalue weighted by Gasteiger charge is -2.05. The fourth-order valence-electron chi connectivity index (χ4n) is 2.60. The van der Waals surface area contributed by atoms with Gasteiger partial charge in [-0.2, -0.15) is 5.10 Å². The number of ether oxygens (including phenoxy) is 3. The van der Waals surface area contributed by atoms with Gasteiger partial charge in [0.05, 0.1) is 5.69 Å². The molecule has 0 fully saturated rings. The fraction of sp³-hybridized carbons (Fsp3) is 0.389. The summed E-state index contributed by atoms with van der Waals surface area (Å²) in [4.78, 5) is 24.6. The lowest BCUT2D eigenvalue weighted by molar-refractivity contribution is 0.0474. The summed E-state index contributed by atoms with van der Waals surface area (Å²) in [6, 6.07) is 4.82. The highest BCUT2D eigenvalue weighted by molar-refractivity contribution is 6.32. The second-order valence-corrected chi connectivity index (χ2v) is 6.25. The third-order valence-electron chi connectivity index (χ3n) is 4.02. The van der Waals surface area contributed by atoms with Gasteiger partial charge in [0.1, 0.15) is 10.7 Å². The van der Waals surface area contributed by atoms with E-state index in [1.165, 1.54) is 0 Å². The molecule has 0 saturated heterocycles. The van der Waals surface area contributed by atoms with Crippen LogP contribution in [0, 0.1) is 6.92 Å². The van der Waals surface area contributed by atoms with Crippen LogP contribution in [0.15, 0.2) is 18.2 Å². The predicted octanol–water partition coefficient (Wildman–Crippen LogP) is 3.41. The molecule has 0 N–H and O–H groups in total. The van der Waals surface area contributed by atoms with E-state index in [4.69, 9.17) is 25.8 Å². The summed E-state index contributed by atoms with van der Waals surface area (Å²) in [6.07, 6.45) is 1.89. The van der Waals surface area contributed by atoms with Gasteiger partial charge in [0.15, 0.2) is 23.9 Å². The van der Waals surface area contributed by atoms with Crippen LogP contribution in [-0.2, 0) is 11.3 Å². The molecule has 0 spiro atoms. The molecule has 2 aromatic rings. The summed E-state index contributed by atoms with van der Waals surface area (Å²) in [5.41, 5.74) is 1.05. The van der Waals surface area contributed by atoms with Crippen molar-refractivity contribution in [3.63, 3.8) is 0 Å². The van der Waals surface area contributed by atoms with E-state index in [9.17, 15) is 9.59 Å². The molecule has 1 aliphatic heterocycles. The van der Waals surface area contributed by atoms with Crippen molar-refractivity contribution in [2.24, 2.45) is 0 Å². The zero-order valence-corrected chi connectivity index (χ0v) is 15.3. The minimum atomic E-state index is -0.663. The Labute approximate surface area is 155 Å². The number of benzene rings is 1. The topological polar surface area (TPSA) is 79.7 Å². The Bertz CT molecular complexity index is 846. The molecule has 1 aliphatic rings. The Morgan fingerprint density at radius 1 is 1.31 bits per heavy atom. The summed E-state index contributed by atoms with van der Waals surface area (Å²) < 4.78 is 17.2. The molecule has 0 atom stereocenters. The van der Waals surface area contributed by atoms with Crippen LogP contribution in [-0.4, -0.2) is 34.9 Å². The number of hydrogen-bond donors (Lipinski definition) is 0. The van der Waals surface area contributed by atoms with Gasteiger partial charge >= 0.3 is 5.97 Å². The predicted molar refractivity (Wildman–Crippen MR) is 94.1 cm³/mol. The lowest BCUT2D eigenvalue weighted by atomic mass is 10.1. The molecule has 2 heterocycles. The molecule has 3 rings (SSSR count). The van der Waals surface area contributed by atoms with Crippen molar-refractivity contribution in [3.05, 3.63) is 40.2 Å². The molecule has 1 aromatic heterocycles. The van der Waals surface area contributed by atoms with Crippen LogP contribution in [0.2, 0.25) is 5.15 Å². The Morgan fingerprint density at radius 2 is 2.08 bits per heavy atom. The maximum absolute atomic E-state index is 12.3. The van der Waals surface area contributed by atoms with E-state index in [0.717, 1.165) is 12.8 Å². The maximum atomic E-state index is 12.3. The number of esters is 1. The average molecular weight is 379 g/mol. The minimum Gasteiger partial charge on any atom is -0.454 e. The van der Waals surface area contributed by atoms with E-state index in [0.29, 0.717) is 29.3 Å². The molecule has 1 aromatic carbocycles. The molecule has 0 unspecified atom stereocenters. The van der Waals surface area contributed by atoms with Crippen molar-refractivity contribution in [3.8, 4) is 11.5 Å². The van der Waals surface area contributed by atoms with Crippen molar-refractivity contribution in [2.75, 3.05) is 13.4 Å². The molecular formula is C18H19ClN2O5. The number of ketones is 1. The van der Waals surface area contributed by atoms with Gasteiger partial charge in [-0.15, -0.1) is 0 Å². The van der Waals surface area contributed by atoms with Crippen molar-refractivity contribution in [2.45, 2.75) is 33.2 Å². The first-order valence-electron chi connectivity index (χ1n) is 8.34. The van der Waals surface area contributed by atoms with E-state index in [2.05, 4.69) is 12.0 Å². The number of rotatable bonds is 7. The van der Waals surface area contributed by atoms with Crippen LogP contribution in [0.4, 0.5) is 0 Å². The zero-order valence-electron chi connectivity index (χ0n) is 14.6. The number of carbonyl (C=O) groups excluding carboxylic acids is 2. The number of aryl methyl sites for hydroxylation is 2. The number of hydrogen-bond acceptors (Lipinski definition) is 6. The lowest BCUT2D eigenvalue weighted by Crippen LogP contribution is -2.15. The fourth-order valence-corrected chi connectivity index (χ4v) is 2.93. The first kappa shape index (κ1) is 18.3. The summed E-state index contributed by atoms with van der Waals surface area (Å²) >= 11 is 6.24. The van der Waals surface area contributed by atoms with Crippen LogP contribution in [0.25, 0.3) is 0 Å². The Hall–Kier alpha value is -2.54. The van der Waals surface area contributed by atoms with Crippen LogP contribution in [0.5, 0.6) is 11.5 Å². The third kappa shape index (κ3) is 3.67. The van der Waals surface area contributed by atoms with Gasteiger partial charge in [0.2, 0.25) is 6.79 Å². The molecule has 138 valence electrons. The van der Waals surface area contributed by atoms with Crippen LogP contribution in [0.3, 0.4) is 0 Å². The molecule has 7 nitrogen and oxygen atoms in total. The van der Waals surface area contributed by atoms with Gasteiger partial charge in [-0.3, -0.25) is 9.48 Å². The average Bonchev–Trinajstić information content (AvgIpc) is 3.21.